The van der Waals surface area contributed by atoms with Crippen molar-refractivity contribution in [3.8, 4) is 0 Å². The van der Waals surface area contributed by atoms with Crippen LogP contribution < -0.4 is 5.32 Å². The lowest BCUT2D eigenvalue weighted by Crippen LogP contribution is -2.51. The number of fused-ring (bicyclic) bond motifs is 2. The third-order valence-electron chi connectivity index (χ3n) is 4.99. The van der Waals surface area contributed by atoms with E-state index < -0.39 is 5.54 Å². The Morgan fingerprint density at radius 1 is 1.40 bits per heavy atom. The topological polar surface area (TPSA) is 38.3 Å². The fraction of sp³-hybridized carbons (Fsp3) is 0.588. The number of ether oxygens (including phenoxy) is 1. The van der Waals surface area contributed by atoms with Gasteiger partial charge in [-0.1, -0.05) is 18.2 Å². The molecule has 1 aromatic carbocycles. The van der Waals surface area contributed by atoms with Crippen LogP contribution in [0.25, 0.3) is 0 Å². The van der Waals surface area contributed by atoms with Crippen LogP contribution in [0.1, 0.15) is 38.2 Å². The van der Waals surface area contributed by atoms with Crippen LogP contribution in [0, 0.1) is 18.8 Å². The van der Waals surface area contributed by atoms with Crippen molar-refractivity contribution in [1.82, 2.24) is 0 Å². The van der Waals surface area contributed by atoms with E-state index in [1.54, 1.807) is 0 Å². The standard InChI is InChI=1S/C17H23NO2/c1-3-20-16(19)17(11-13-8-9-14(17)10-13)18-15-7-5-4-6-12(15)2/h4-7,13-14,18H,3,8-11H2,1-2H3. The molecular formula is C17H23NO2. The van der Waals surface area contributed by atoms with E-state index in [1.807, 2.05) is 19.1 Å². The van der Waals surface area contributed by atoms with Gasteiger partial charge in [0.1, 0.15) is 5.54 Å². The number of benzene rings is 1. The Bertz CT molecular complexity index is 513. The van der Waals surface area contributed by atoms with Gasteiger partial charge in [-0.3, -0.25) is 0 Å². The molecule has 0 heterocycles. The van der Waals surface area contributed by atoms with Gasteiger partial charge in [0.05, 0.1) is 6.61 Å². The number of para-hydroxylation sites is 1. The molecule has 2 saturated carbocycles. The highest BCUT2D eigenvalue weighted by atomic mass is 16.5. The zero-order valence-corrected chi connectivity index (χ0v) is 12.3. The maximum atomic E-state index is 12.6. The van der Waals surface area contributed by atoms with Gasteiger partial charge >= 0.3 is 5.97 Å². The molecule has 20 heavy (non-hydrogen) atoms. The second kappa shape index (κ2) is 5.12. The smallest absolute Gasteiger partial charge is 0.332 e. The first-order valence-corrected chi connectivity index (χ1v) is 7.66. The number of rotatable bonds is 4. The number of anilines is 1. The highest BCUT2D eigenvalue weighted by Crippen LogP contribution is 2.52. The van der Waals surface area contributed by atoms with Crippen molar-refractivity contribution in [3.63, 3.8) is 0 Å². The van der Waals surface area contributed by atoms with Gasteiger partial charge in [-0.2, -0.15) is 0 Å². The maximum Gasteiger partial charge on any atom is 0.332 e. The number of hydrogen-bond acceptors (Lipinski definition) is 3. The normalized spacial score (nSPS) is 31.3. The van der Waals surface area contributed by atoms with Crippen LogP contribution in [0.3, 0.4) is 0 Å². The third-order valence-corrected chi connectivity index (χ3v) is 4.99. The summed E-state index contributed by atoms with van der Waals surface area (Å²) in [7, 11) is 0. The Kier molecular flexibility index (Phi) is 3.45. The molecule has 0 amide bonds. The lowest BCUT2D eigenvalue weighted by atomic mass is 9.80. The van der Waals surface area contributed by atoms with Crippen LogP contribution in [-0.2, 0) is 9.53 Å². The van der Waals surface area contributed by atoms with Crippen LogP contribution in [0.15, 0.2) is 24.3 Å². The summed E-state index contributed by atoms with van der Waals surface area (Å²) in [6.07, 6.45) is 4.49. The van der Waals surface area contributed by atoms with Crippen LogP contribution in [0.2, 0.25) is 0 Å². The molecule has 2 bridgehead atoms. The summed E-state index contributed by atoms with van der Waals surface area (Å²) >= 11 is 0. The van der Waals surface area contributed by atoms with Gasteiger partial charge in [0.15, 0.2) is 0 Å². The van der Waals surface area contributed by atoms with Crippen molar-refractivity contribution in [1.29, 1.82) is 0 Å². The number of aryl methyl sites for hydroxylation is 1. The Labute approximate surface area is 120 Å². The van der Waals surface area contributed by atoms with Crippen LogP contribution in [-0.4, -0.2) is 18.1 Å². The zero-order valence-electron chi connectivity index (χ0n) is 12.3. The Hall–Kier alpha value is -1.51. The summed E-state index contributed by atoms with van der Waals surface area (Å²) in [5, 5.41) is 3.56. The molecule has 3 nitrogen and oxygen atoms in total. The second-order valence-electron chi connectivity index (χ2n) is 6.21. The van der Waals surface area contributed by atoms with E-state index >= 15 is 0 Å². The van der Waals surface area contributed by atoms with E-state index in [-0.39, 0.29) is 5.97 Å². The number of esters is 1. The minimum absolute atomic E-state index is 0.0598. The van der Waals surface area contributed by atoms with E-state index in [0.717, 1.165) is 24.9 Å². The summed E-state index contributed by atoms with van der Waals surface area (Å²) in [5.74, 6) is 1.04. The zero-order chi connectivity index (χ0) is 14.2. The number of carbonyl (C=O) groups excluding carboxylic acids is 1. The summed E-state index contributed by atoms with van der Waals surface area (Å²) in [4.78, 5) is 12.6. The molecule has 2 aliphatic rings. The predicted molar refractivity (Wildman–Crippen MR) is 79.6 cm³/mol. The molecule has 0 aromatic heterocycles. The first-order valence-electron chi connectivity index (χ1n) is 7.66. The average molecular weight is 273 g/mol. The molecule has 1 N–H and O–H groups in total. The number of nitrogens with one attached hydrogen (secondary N) is 1. The Balaban J connectivity index is 1.91. The highest BCUT2D eigenvalue weighted by molar-refractivity contribution is 5.86. The average Bonchev–Trinajstić information content (AvgIpc) is 3.03. The van der Waals surface area contributed by atoms with Crippen LogP contribution in [0.4, 0.5) is 5.69 Å². The first kappa shape index (κ1) is 13.5. The Morgan fingerprint density at radius 2 is 2.20 bits per heavy atom. The van der Waals surface area contributed by atoms with Crippen molar-refractivity contribution < 1.29 is 9.53 Å². The molecule has 3 heteroatoms. The van der Waals surface area contributed by atoms with E-state index in [4.69, 9.17) is 4.74 Å². The molecule has 2 fully saturated rings. The molecule has 0 radical (unpaired) electrons. The van der Waals surface area contributed by atoms with Gasteiger partial charge in [0.25, 0.3) is 0 Å². The lowest BCUT2D eigenvalue weighted by molar-refractivity contribution is -0.150. The van der Waals surface area contributed by atoms with E-state index in [9.17, 15) is 4.79 Å². The summed E-state index contributed by atoms with van der Waals surface area (Å²) in [5.41, 5.74) is 1.75. The van der Waals surface area contributed by atoms with Gasteiger partial charge in [-0.05, 0) is 63.0 Å². The van der Waals surface area contributed by atoms with E-state index in [0.29, 0.717) is 18.4 Å². The van der Waals surface area contributed by atoms with Gasteiger partial charge in [-0.25, -0.2) is 4.79 Å². The van der Waals surface area contributed by atoms with Crippen molar-refractivity contribution in [2.45, 2.75) is 45.1 Å². The molecule has 2 aliphatic carbocycles. The SMILES string of the molecule is CCOC(=O)C1(Nc2ccccc2C)CC2CCC1C2. The quantitative estimate of drug-likeness (QED) is 0.853. The molecule has 108 valence electrons. The molecule has 0 spiro atoms. The first-order chi connectivity index (χ1) is 9.65. The van der Waals surface area contributed by atoms with Crippen molar-refractivity contribution in [3.05, 3.63) is 29.8 Å². The summed E-state index contributed by atoms with van der Waals surface area (Å²) < 4.78 is 5.39. The van der Waals surface area contributed by atoms with Crippen molar-refractivity contribution in [2.24, 2.45) is 11.8 Å². The molecule has 3 atom stereocenters. The van der Waals surface area contributed by atoms with E-state index in [2.05, 4.69) is 24.4 Å². The van der Waals surface area contributed by atoms with Crippen molar-refractivity contribution in [2.75, 3.05) is 11.9 Å². The largest absolute Gasteiger partial charge is 0.464 e. The highest BCUT2D eigenvalue weighted by Gasteiger charge is 2.56. The van der Waals surface area contributed by atoms with Gasteiger partial charge in [-0.15, -0.1) is 0 Å². The molecule has 0 saturated heterocycles. The van der Waals surface area contributed by atoms with E-state index in [1.165, 1.54) is 12.0 Å². The molecule has 0 aliphatic heterocycles. The molecule has 3 rings (SSSR count). The minimum atomic E-state index is -0.495. The Morgan fingerprint density at radius 3 is 2.80 bits per heavy atom. The van der Waals surface area contributed by atoms with Gasteiger partial charge in [0, 0.05) is 5.69 Å². The van der Waals surface area contributed by atoms with Gasteiger partial charge in [0.2, 0.25) is 0 Å². The van der Waals surface area contributed by atoms with Crippen molar-refractivity contribution >= 4 is 11.7 Å². The third kappa shape index (κ3) is 2.09. The summed E-state index contributed by atoms with van der Waals surface area (Å²) in [6.45, 7) is 4.41. The second-order valence-corrected chi connectivity index (χ2v) is 6.21. The maximum absolute atomic E-state index is 12.6. The fourth-order valence-corrected chi connectivity index (χ4v) is 4.00. The molecule has 1 aromatic rings. The summed E-state index contributed by atoms with van der Waals surface area (Å²) in [6, 6.07) is 8.18. The predicted octanol–water partition coefficient (Wildman–Crippen LogP) is 3.53. The van der Waals surface area contributed by atoms with Gasteiger partial charge < -0.3 is 10.1 Å². The minimum Gasteiger partial charge on any atom is -0.464 e. The lowest BCUT2D eigenvalue weighted by Gasteiger charge is -2.37. The monoisotopic (exact) mass is 273 g/mol. The van der Waals surface area contributed by atoms with Crippen LogP contribution in [0.5, 0.6) is 0 Å². The van der Waals surface area contributed by atoms with Crippen LogP contribution >= 0.6 is 0 Å². The fourth-order valence-electron chi connectivity index (χ4n) is 4.00. The number of carbonyl (C=O) groups is 1. The number of hydrogen-bond donors (Lipinski definition) is 1. The molecule has 3 unspecified atom stereocenters. The molecular weight excluding hydrogens is 250 g/mol.